The standard InChI is InChI=1S/C35H36N8O10S3/c1-19-32(40-41-39-19)54-17-22-18-55-34-27(33(49)43(34)28(22)35(50)51)38-31(48)26(21-5-3-2-4-6-21)37-30(47)24-11-12-25(36-29(24)46)20-7-9-23(10-8-20)56(52,53)42(13-15-44)14-16-45/h2-12,26-27,34,44-45H,13-18H2,1H3,(H,36,46)(H,37,47)(H,38,48)(H,50,51)(H,39,40,41)/t26-,27?,34-/m1/s1. The third-order valence-electron chi connectivity index (χ3n) is 8.94. The number of rotatable bonds is 16. The predicted octanol–water partition coefficient (Wildman–Crippen LogP) is 0.446. The number of fused-ring (bicyclic) bond motifs is 1. The van der Waals surface area contributed by atoms with E-state index in [1.165, 1.54) is 59.9 Å². The molecule has 3 amide bonds. The van der Waals surface area contributed by atoms with Crippen molar-refractivity contribution in [3.05, 3.63) is 105 Å². The lowest BCUT2D eigenvalue weighted by atomic mass is 10.0. The van der Waals surface area contributed by atoms with Crippen molar-refractivity contribution in [1.29, 1.82) is 0 Å². The van der Waals surface area contributed by atoms with Gasteiger partial charge in [-0.1, -0.05) is 54.2 Å². The summed E-state index contributed by atoms with van der Waals surface area (Å²) in [6, 6.07) is 14.0. The molecule has 0 saturated carbocycles. The van der Waals surface area contributed by atoms with Crippen LogP contribution in [0.3, 0.4) is 0 Å². The fourth-order valence-electron chi connectivity index (χ4n) is 6.10. The van der Waals surface area contributed by atoms with Gasteiger partial charge >= 0.3 is 5.97 Å². The minimum Gasteiger partial charge on any atom is -0.477 e. The van der Waals surface area contributed by atoms with Crippen molar-refractivity contribution in [2.75, 3.05) is 37.8 Å². The van der Waals surface area contributed by atoms with Crippen molar-refractivity contribution in [1.82, 2.24) is 40.2 Å². The maximum atomic E-state index is 13.8. The summed E-state index contributed by atoms with van der Waals surface area (Å²) in [5.41, 5.74) is 0.913. The number of aromatic amines is 2. The summed E-state index contributed by atoms with van der Waals surface area (Å²) in [5, 5.41) is 44.2. The predicted molar refractivity (Wildman–Crippen MR) is 204 cm³/mol. The normalized spacial score (nSPS) is 17.3. The molecule has 18 nitrogen and oxygen atoms in total. The number of benzene rings is 2. The molecule has 0 aliphatic carbocycles. The third kappa shape index (κ3) is 8.27. The van der Waals surface area contributed by atoms with Gasteiger partial charge in [0.25, 0.3) is 17.4 Å². The zero-order valence-electron chi connectivity index (χ0n) is 29.5. The van der Waals surface area contributed by atoms with Gasteiger partial charge in [0, 0.05) is 30.3 Å². The molecule has 0 radical (unpaired) electrons. The van der Waals surface area contributed by atoms with E-state index in [2.05, 4.69) is 31.0 Å². The first-order chi connectivity index (χ1) is 26.8. The number of H-pyrrole nitrogens is 2. The molecular formula is C35H36N8O10S3. The molecule has 294 valence electrons. The molecule has 21 heteroatoms. The van der Waals surface area contributed by atoms with Crippen LogP contribution in [0.5, 0.6) is 0 Å². The SMILES string of the molecule is Cc1n[nH]nc1SCC1=C(C(=O)O)N2C(=O)C(NC(=O)[C@H](NC(=O)c3ccc(-c4ccc(S(=O)(=O)N(CCO)CCO)cc4)[nH]c3=O)c3ccccc3)[C@H]2SC1. The van der Waals surface area contributed by atoms with Crippen LogP contribution in [0.25, 0.3) is 11.3 Å². The molecule has 2 aromatic heterocycles. The first-order valence-corrected chi connectivity index (χ1v) is 20.4. The number of sulfonamides is 1. The molecule has 3 atom stereocenters. The zero-order chi connectivity index (χ0) is 40.1. The monoisotopic (exact) mass is 824 g/mol. The van der Waals surface area contributed by atoms with Gasteiger partial charge in [-0.05, 0) is 47.9 Å². The molecule has 7 N–H and O–H groups in total. The molecule has 1 fully saturated rings. The Labute approximate surface area is 327 Å². The summed E-state index contributed by atoms with van der Waals surface area (Å²) in [6.45, 7) is 0.475. The maximum Gasteiger partial charge on any atom is 0.352 e. The fourth-order valence-corrected chi connectivity index (χ4v) is 9.91. The van der Waals surface area contributed by atoms with Crippen LogP contribution >= 0.6 is 23.5 Å². The van der Waals surface area contributed by atoms with Gasteiger partial charge in [-0.25, -0.2) is 13.2 Å². The fraction of sp³-hybridized carbons (Fsp3) is 0.286. The Bertz CT molecular complexity index is 2330. The van der Waals surface area contributed by atoms with E-state index >= 15 is 0 Å². The second kappa shape index (κ2) is 17.2. The summed E-state index contributed by atoms with van der Waals surface area (Å²) in [4.78, 5) is 69.9. The number of carbonyl (C=O) groups is 4. The van der Waals surface area contributed by atoms with E-state index in [1.54, 1.807) is 37.3 Å². The number of hydrogen-bond acceptors (Lipinski definition) is 13. The number of aliphatic hydroxyl groups excluding tert-OH is 2. The quantitative estimate of drug-likeness (QED) is 0.0598. The highest BCUT2D eigenvalue weighted by Crippen LogP contribution is 2.42. The molecule has 0 bridgehead atoms. The lowest BCUT2D eigenvalue weighted by molar-refractivity contribution is -0.151. The molecule has 0 spiro atoms. The van der Waals surface area contributed by atoms with Crippen LogP contribution in [-0.4, -0.2) is 126 Å². The number of nitrogens with zero attached hydrogens (tertiary/aromatic N) is 4. The van der Waals surface area contributed by atoms with Crippen molar-refractivity contribution in [2.24, 2.45) is 0 Å². The third-order valence-corrected chi connectivity index (χ3v) is 13.3. The van der Waals surface area contributed by atoms with Gasteiger partial charge in [0.2, 0.25) is 15.9 Å². The van der Waals surface area contributed by atoms with Crippen LogP contribution in [0, 0.1) is 6.92 Å². The van der Waals surface area contributed by atoms with Crippen molar-refractivity contribution in [2.45, 2.75) is 34.3 Å². The van der Waals surface area contributed by atoms with E-state index < -0.39 is 69.9 Å². The topological polar surface area (TPSA) is 268 Å². The Kier molecular flexibility index (Phi) is 12.4. The second-order valence-corrected chi connectivity index (χ2v) is 16.5. The number of carboxylic acid groups (broad SMARTS) is 1. The van der Waals surface area contributed by atoms with Gasteiger partial charge in [-0.2, -0.15) is 14.6 Å². The summed E-state index contributed by atoms with van der Waals surface area (Å²) in [6.07, 6.45) is 0. The number of aliphatic carboxylic acids is 1. The van der Waals surface area contributed by atoms with E-state index in [9.17, 15) is 47.7 Å². The van der Waals surface area contributed by atoms with Crippen LogP contribution in [0.15, 0.2) is 92.7 Å². The molecule has 1 saturated heterocycles. The highest BCUT2D eigenvalue weighted by molar-refractivity contribution is 8.01. The van der Waals surface area contributed by atoms with Gasteiger partial charge in [-0.3, -0.25) is 24.1 Å². The summed E-state index contributed by atoms with van der Waals surface area (Å²) >= 11 is 2.58. The van der Waals surface area contributed by atoms with Gasteiger partial charge in [-0.15, -0.1) is 16.9 Å². The Hall–Kier alpha value is -5.32. The molecule has 1 unspecified atom stereocenters. The van der Waals surface area contributed by atoms with Crippen molar-refractivity contribution in [3.8, 4) is 11.3 Å². The number of carboxylic acids is 1. The summed E-state index contributed by atoms with van der Waals surface area (Å²) < 4.78 is 26.9. The molecule has 2 aromatic carbocycles. The van der Waals surface area contributed by atoms with Crippen molar-refractivity contribution < 1.29 is 42.9 Å². The van der Waals surface area contributed by atoms with Crippen LogP contribution < -0.4 is 16.2 Å². The average molecular weight is 825 g/mol. The zero-order valence-corrected chi connectivity index (χ0v) is 32.0. The number of hydrogen-bond donors (Lipinski definition) is 7. The highest BCUT2D eigenvalue weighted by Gasteiger charge is 2.54. The first kappa shape index (κ1) is 40.3. The molecule has 4 heterocycles. The Morgan fingerprint density at radius 1 is 1.02 bits per heavy atom. The largest absolute Gasteiger partial charge is 0.477 e. The highest BCUT2D eigenvalue weighted by atomic mass is 32.2. The number of β-lactam (4-membered cyclic amide) rings is 1. The number of pyridine rings is 1. The smallest absolute Gasteiger partial charge is 0.352 e. The van der Waals surface area contributed by atoms with E-state index in [4.69, 9.17) is 0 Å². The van der Waals surface area contributed by atoms with E-state index in [1.807, 2.05) is 0 Å². The van der Waals surface area contributed by atoms with Gasteiger partial charge in [0.15, 0.2) is 0 Å². The number of thioether (sulfide) groups is 2. The Morgan fingerprint density at radius 3 is 2.32 bits per heavy atom. The number of carbonyl (C=O) groups excluding carboxylic acids is 3. The minimum absolute atomic E-state index is 0.0954. The first-order valence-electron chi connectivity index (χ1n) is 17.0. The minimum atomic E-state index is -4.02. The lowest BCUT2D eigenvalue weighted by Crippen LogP contribution is -2.71. The number of nitrogens with one attached hydrogen (secondary N) is 4. The van der Waals surface area contributed by atoms with Crippen LogP contribution in [0.4, 0.5) is 0 Å². The van der Waals surface area contributed by atoms with E-state index in [-0.39, 0.29) is 46.4 Å². The Morgan fingerprint density at radius 2 is 1.71 bits per heavy atom. The second-order valence-electron chi connectivity index (χ2n) is 12.5. The maximum absolute atomic E-state index is 13.8. The van der Waals surface area contributed by atoms with Gasteiger partial charge in [0.05, 0.1) is 23.8 Å². The average Bonchev–Trinajstić information content (AvgIpc) is 3.61. The number of aromatic nitrogens is 4. The van der Waals surface area contributed by atoms with Crippen LogP contribution in [0.1, 0.15) is 27.7 Å². The summed E-state index contributed by atoms with van der Waals surface area (Å²) in [5.74, 6) is -3.03. The number of amides is 3. The lowest BCUT2D eigenvalue weighted by Gasteiger charge is -2.49. The molecule has 6 rings (SSSR count). The van der Waals surface area contributed by atoms with E-state index in [0.29, 0.717) is 27.4 Å². The summed E-state index contributed by atoms with van der Waals surface area (Å²) in [7, 11) is -4.02. The molecule has 2 aliphatic heterocycles. The Balaban J connectivity index is 1.16. The molecule has 56 heavy (non-hydrogen) atoms. The molecule has 4 aromatic rings. The van der Waals surface area contributed by atoms with Crippen LogP contribution in [-0.2, 0) is 24.4 Å². The molecule has 2 aliphatic rings. The van der Waals surface area contributed by atoms with Crippen molar-refractivity contribution in [3.63, 3.8) is 0 Å². The number of aliphatic hydroxyl groups is 2. The van der Waals surface area contributed by atoms with Crippen LogP contribution in [0.2, 0.25) is 0 Å². The van der Waals surface area contributed by atoms with Gasteiger partial charge < -0.3 is 30.9 Å². The molecular weight excluding hydrogens is 789 g/mol. The van der Waals surface area contributed by atoms with E-state index in [0.717, 1.165) is 9.21 Å². The van der Waals surface area contributed by atoms with Crippen molar-refractivity contribution >= 4 is 57.2 Å². The number of aryl methyl sites for hydroxylation is 1. The van der Waals surface area contributed by atoms with Gasteiger partial charge in [0.1, 0.15) is 33.7 Å².